The summed E-state index contributed by atoms with van der Waals surface area (Å²) < 4.78 is 27.3. The maximum Gasteiger partial charge on any atom is 0.150 e. The van der Waals surface area contributed by atoms with Gasteiger partial charge in [0.05, 0.1) is 5.75 Å². The first kappa shape index (κ1) is 14.9. The molecule has 5 heteroatoms. The van der Waals surface area contributed by atoms with E-state index in [0.717, 1.165) is 5.56 Å². The van der Waals surface area contributed by atoms with Crippen molar-refractivity contribution in [2.45, 2.75) is 6.42 Å². The van der Waals surface area contributed by atoms with Crippen LogP contribution in [0.2, 0.25) is 0 Å². The minimum absolute atomic E-state index is 0.00908. The second-order valence-corrected chi connectivity index (χ2v) is 6.38. The lowest BCUT2D eigenvalue weighted by Gasteiger charge is -2.05. The van der Waals surface area contributed by atoms with Crippen LogP contribution in [0.25, 0.3) is 0 Å². The molecule has 18 heavy (non-hydrogen) atoms. The molecule has 1 aromatic carbocycles. The van der Waals surface area contributed by atoms with Crippen molar-refractivity contribution >= 4 is 21.4 Å². The van der Waals surface area contributed by atoms with E-state index in [1.165, 1.54) is 6.26 Å². The van der Waals surface area contributed by atoms with Crippen LogP contribution in [0.15, 0.2) is 24.3 Å². The molecule has 3 nitrogen and oxygen atoms in total. The molecule has 0 aliphatic carbocycles. The van der Waals surface area contributed by atoms with Crippen LogP contribution in [-0.4, -0.2) is 32.9 Å². The third-order valence-electron chi connectivity index (χ3n) is 2.01. The fourth-order valence-electron chi connectivity index (χ4n) is 1.19. The highest BCUT2D eigenvalue weighted by atomic mass is 35.5. The van der Waals surface area contributed by atoms with Crippen LogP contribution in [0.5, 0.6) is 5.75 Å². The predicted molar refractivity (Wildman–Crippen MR) is 73.9 cm³/mol. The minimum atomic E-state index is -2.99. The van der Waals surface area contributed by atoms with Crippen molar-refractivity contribution in [3.63, 3.8) is 0 Å². The molecule has 0 spiro atoms. The average Bonchev–Trinajstić information content (AvgIpc) is 2.28. The van der Waals surface area contributed by atoms with E-state index in [2.05, 4.69) is 11.8 Å². The monoisotopic (exact) mass is 286 g/mol. The normalized spacial score (nSPS) is 10.6. The molecule has 0 unspecified atom stereocenters. The van der Waals surface area contributed by atoms with E-state index in [1.807, 2.05) is 12.1 Å². The van der Waals surface area contributed by atoms with Crippen molar-refractivity contribution in [3.8, 4) is 17.6 Å². The molecule has 0 aliphatic rings. The van der Waals surface area contributed by atoms with Crippen molar-refractivity contribution < 1.29 is 13.2 Å². The van der Waals surface area contributed by atoms with Crippen molar-refractivity contribution in [2.24, 2.45) is 0 Å². The highest BCUT2D eigenvalue weighted by Crippen LogP contribution is 2.12. The Labute approximate surface area is 113 Å². The lowest BCUT2D eigenvalue weighted by atomic mass is 10.2. The first-order valence-corrected chi connectivity index (χ1v) is 8.06. The molecule has 0 saturated carbocycles. The smallest absolute Gasteiger partial charge is 0.150 e. The quantitative estimate of drug-likeness (QED) is 0.615. The number of ether oxygens (including phenoxy) is 1. The zero-order valence-electron chi connectivity index (χ0n) is 10.1. The third-order valence-corrected chi connectivity index (χ3v) is 3.11. The van der Waals surface area contributed by atoms with Crippen LogP contribution >= 0.6 is 11.6 Å². The van der Waals surface area contributed by atoms with Crippen molar-refractivity contribution in [2.75, 3.05) is 24.5 Å². The maximum atomic E-state index is 10.9. The summed E-state index contributed by atoms with van der Waals surface area (Å²) in [7, 11) is -2.99. The van der Waals surface area contributed by atoms with E-state index >= 15 is 0 Å². The Hall–Kier alpha value is -1.18. The summed E-state index contributed by atoms with van der Waals surface area (Å²) in [6, 6.07) is 7.24. The zero-order chi connectivity index (χ0) is 13.4. The van der Waals surface area contributed by atoms with Gasteiger partial charge in [0.1, 0.15) is 12.4 Å². The standard InChI is InChI=1S/C13H15ClO3S/c1-18(15,16)10-9-17-13-7-4-6-12(11-13)5-2-3-8-14/h4,6-7,11H,3,8-10H2,1H3. The Morgan fingerprint density at radius 3 is 2.83 bits per heavy atom. The zero-order valence-corrected chi connectivity index (χ0v) is 11.7. The van der Waals surface area contributed by atoms with Crippen LogP contribution in [0, 0.1) is 11.8 Å². The summed E-state index contributed by atoms with van der Waals surface area (Å²) in [5, 5.41) is 0. The van der Waals surface area contributed by atoms with Crippen LogP contribution in [-0.2, 0) is 9.84 Å². The lowest BCUT2D eigenvalue weighted by Crippen LogP contribution is -2.12. The topological polar surface area (TPSA) is 43.4 Å². The Kier molecular flexibility index (Phi) is 6.03. The van der Waals surface area contributed by atoms with E-state index in [0.29, 0.717) is 18.1 Å². The van der Waals surface area contributed by atoms with E-state index in [-0.39, 0.29) is 12.4 Å². The van der Waals surface area contributed by atoms with Gasteiger partial charge in [-0.1, -0.05) is 17.9 Å². The molecule has 0 bridgehead atoms. The lowest BCUT2D eigenvalue weighted by molar-refractivity contribution is 0.341. The van der Waals surface area contributed by atoms with Crippen LogP contribution in [0.4, 0.5) is 0 Å². The second kappa shape index (κ2) is 7.30. The molecule has 0 aliphatic heterocycles. The van der Waals surface area contributed by atoms with E-state index in [9.17, 15) is 8.42 Å². The van der Waals surface area contributed by atoms with Crippen LogP contribution < -0.4 is 4.74 Å². The molecule has 1 aromatic rings. The van der Waals surface area contributed by atoms with E-state index in [1.54, 1.807) is 12.1 Å². The second-order valence-electron chi connectivity index (χ2n) is 3.75. The van der Waals surface area contributed by atoms with Gasteiger partial charge in [0.25, 0.3) is 0 Å². The number of rotatable bonds is 5. The molecule has 0 atom stereocenters. The third kappa shape index (κ3) is 6.53. The van der Waals surface area contributed by atoms with Gasteiger partial charge < -0.3 is 4.74 Å². The molecular formula is C13H15ClO3S. The highest BCUT2D eigenvalue weighted by Gasteiger charge is 2.02. The average molecular weight is 287 g/mol. The summed E-state index contributed by atoms with van der Waals surface area (Å²) in [6.07, 6.45) is 1.82. The molecule has 0 heterocycles. The minimum Gasteiger partial charge on any atom is -0.492 e. The van der Waals surface area contributed by atoms with Gasteiger partial charge in [-0.15, -0.1) is 11.6 Å². The van der Waals surface area contributed by atoms with Gasteiger partial charge in [-0.3, -0.25) is 0 Å². The van der Waals surface area contributed by atoms with E-state index in [4.69, 9.17) is 16.3 Å². The Balaban J connectivity index is 2.58. The SMILES string of the molecule is CS(=O)(=O)CCOc1cccc(C#CCCCl)c1. The number of hydrogen-bond donors (Lipinski definition) is 0. The Morgan fingerprint density at radius 1 is 1.39 bits per heavy atom. The van der Waals surface area contributed by atoms with Gasteiger partial charge >= 0.3 is 0 Å². The molecule has 1 rings (SSSR count). The van der Waals surface area contributed by atoms with Crippen LogP contribution in [0.1, 0.15) is 12.0 Å². The summed E-state index contributed by atoms with van der Waals surface area (Å²) in [6.45, 7) is 0.150. The van der Waals surface area contributed by atoms with Crippen molar-refractivity contribution in [1.82, 2.24) is 0 Å². The summed E-state index contributed by atoms with van der Waals surface area (Å²) in [4.78, 5) is 0. The van der Waals surface area contributed by atoms with Crippen molar-refractivity contribution in [3.05, 3.63) is 29.8 Å². The number of halogens is 1. The fraction of sp³-hybridized carbons (Fsp3) is 0.385. The number of benzene rings is 1. The Bertz CT molecular complexity index is 541. The van der Waals surface area contributed by atoms with Gasteiger partial charge in [0.2, 0.25) is 0 Å². The molecule has 0 N–H and O–H groups in total. The van der Waals surface area contributed by atoms with Gasteiger partial charge in [0, 0.05) is 24.1 Å². The first-order valence-electron chi connectivity index (χ1n) is 5.47. The number of hydrogen-bond acceptors (Lipinski definition) is 3. The summed E-state index contributed by atoms with van der Waals surface area (Å²) in [5.41, 5.74) is 0.831. The molecule has 0 radical (unpaired) electrons. The first-order chi connectivity index (χ1) is 8.51. The number of alkyl halides is 1. The molecule has 0 fully saturated rings. The molecule has 0 saturated heterocycles. The Morgan fingerprint density at radius 2 is 2.17 bits per heavy atom. The van der Waals surface area contributed by atoms with Gasteiger partial charge in [-0.2, -0.15) is 0 Å². The van der Waals surface area contributed by atoms with Gasteiger partial charge in [-0.05, 0) is 18.2 Å². The largest absolute Gasteiger partial charge is 0.492 e. The predicted octanol–water partition coefficient (Wildman–Crippen LogP) is 2.09. The molecular weight excluding hydrogens is 272 g/mol. The van der Waals surface area contributed by atoms with Gasteiger partial charge in [0.15, 0.2) is 9.84 Å². The van der Waals surface area contributed by atoms with Crippen LogP contribution in [0.3, 0.4) is 0 Å². The van der Waals surface area contributed by atoms with Gasteiger partial charge in [-0.25, -0.2) is 8.42 Å². The molecule has 0 amide bonds. The highest BCUT2D eigenvalue weighted by molar-refractivity contribution is 7.90. The molecule has 0 aromatic heterocycles. The summed E-state index contributed by atoms with van der Waals surface area (Å²) in [5.74, 6) is 7.03. The summed E-state index contributed by atoms with van der Waals surface area (Å²) >= 11 is 5.53. The number of sulfone groups is 1. The fourth-order valence-corrected chi connectivity index (χ4v) is 1.67. The van der Waals surface area contributed by atoms with E-state index < -0.39 is 9.84 Å². The van der Waals surface area contributed by atoms with Crippen molar-refractivity contribution in [1.29, 1.82) is 0 Å². The molecule has 98 valence electrons. The maximum absolute atomic E-state index is 10.9.